The monoisotopic (exact) mass is 417 g/mol. The predicted molar refractivity (Wildman–Crippen MR) is 102 cm³/mol. The molecular weight excluding hydrogens is 402 g/mol. The van der Waals surface area contributed by atoms with Crippen molar-refractivity contribution in [2.45, 2.75) is 13.3 Å². The number of carbonyl (C=O) groups is 1. The second-order valence-electron chi connectivity index (χ2n) is 5.43. The molecule has 25 heavy (non-hydrogen) atoms. The van der Waals surface area contributed by atoms with Crippen LogP contribution in [0.1, 0.15) is 16.1 Å². The van der Waals surface area contributed by atoms with E-state index in [-0.39, 0.29) is 12.5 Å². The van der Waals surface area contributed by atoms with Crippen molar-refractivity contribution in [3.05, 3.63) is 69.1 Å². The Bertz CT molecular complexity index is 868. The Morgan fingerprint density at radius 1 is 1.20 bits per heavy atom. The molecule has 0 bridgehead atoms. The van der Waals surface area contributed by atoms with E-state index in [1.165, 1.54) is 11.3 Å². The fourth-order valence-electron chi connectivity index (χ4n) is 2.17. The number of amides is 1. The number of nitrogens with zero attached hydrogens (tertiary/aromatic N) is 2. The Labute approximate surface area is 158 Å². The van der Waals surface area contributed by atoms with Gasteiger partial charge in [0.1, 0.15) is 10.8 Å². The van der Waals surface area contributed by atoms with Crippen LogP contribution in [0.4, 0.5) is 5.13 Å². The van der Waals surface area contributed by atoms with Gasteiger partial charge in [-0.1, -0.05) is 47.7 Å². The van der Waals surface area contributed by atoms with Crippen molar-refractivity contribution in [2.75, 3.05) is 11.9 Å². The zero-order valence-electron chi connectivity index (χ0n) is 13.5. The third kappa shape index (κ3) is 5.11. The maximum atomic E-state index is 12.0. The summed E-state index contributed by atoms with van der Waals surface area (Å²) in [7, 11) is 0. The van der Waals surface area contributed by atoms with Crippen LogP contribution in [0.2, 0.25) is 0 Å². The molecule has 0 radical (unpaired) electrons. The third-order valence-electron chi connectivity index (χ3n) is 3.36. The summed E-state index contributed by atoms with van der Waals surface area (Å²) in [5.74, 6) is 0.359. The smallest absolute Gasteiger partial charge is 0.264 e. The minimum Gasteiger partial charge on any atom is -0.483 e. The van der Waals surface area contributed by atoms with Crippen LogP contribution in [-0.2, 0) is 11.2 Å². The van der Waals surface area contributed by atoms with Gasteiger partial charge in [-0.05, 0) is 46.1 Å². The molecule has 0 aliphatic carbocycles. The molecule has 128 valence electrons. The summed E-state index contributed by atoms with van der Waals surface area (Å²) in [6.07, 6.45) is 0.696. The number of hydrogen-bond acceptors (Lipinski definition) is 5. The standard InChI is InChI=1S/C18H16BrN3O2S/c1-12-7-8-15(14(19)9-12)24-11-16(23)20-18-22-21-17(25-18)10-13-5-3-2-4-6-13/h2-9H,10-11H2,1H3,(H,20,22,23). The van der Waals surface area contributed by atoms with Gasteiger partial charge in [0.2, 0.25) is 5.13 Å². The Kier molecular flexibility index (Phi) is 5.78. The van der Waals surface area contributed by atoms with Crippen molar-refractivity contribution >= 4 is 38.3 Å². The molecule has 0 aliphatic heterocycles. The molecular formula is C18H16BrN3O2S. The lowest BCUT2D eigenvalue weighted by Gasteiger charge is -2.08. The SMILES string of the molecule is Cc1ccc(OCC(=O)Nc2nnc(Cc3ccccc3)s2)c(Br)c1. The van der Waals surface area contributed by atoms with E-state index in [9.17, 15) is 4.79 Å². The van der Waals surface area contributed by atoms with E-state index >= 15 is 0 Å². The molecule has 1 N–H and O–H groups in total. The first-order chi connectivity index (χ1) is 12.1. The molecule has 0 aliphatic rings. The highest BCUT2D eigenvalue weighted by Crippen LogP contribution is 2.25. The Morgan fingerprint density at radius 2 is 2.00 bits per heavy atom. The number of carbonyl (C=O) groups excluding carboxylic acids is 1. The molecule has 5 nitrogen and oxygen atoms in total. The molecule has 3 aromatic rings. The van der Waals surface area contributed by atoms with Gasteiger partial charge in [-0.3, -0.25) is 10.1 Å². The van der Waals surface area contributed by atoms with Crippen LogP contribution in [0, 0.1) is 6.92 Å². The number of ether oxygens (including phenoxy) is 1. The Hall–Kier alpha value is -2.25. The van der Waals surface area contributed by atoms with E-state index in [1.54, 1.807) is 0 Å². The predicted octanol–water partition coefficient (Wildman–Crippen LogP) is 4.22. The van der Waals surface area contributed by atoms with Crippen LogP contribution in [0.15, 0.2) is 53.0 Å². The molecule has 0 atom stereocenters. The molecule has 0 spiro atoms. The van der Waals surface area contributed by atoms with Crippen molar-refractivity contribution in [2.24, 2.45) is 0 Å². The first kappa shape index (κ1) is 17.6. The number of hydrogen-bond donors (Lipinski definition) is 1. The van der Waals surface area contributed by atoms with Crippen LogP contribution in [-0.4, -0.2) is 22.7 Å². The van der Waals surface area contributed by atoms with Gasteiger partial charge in [0.05, 0.1) is 4.47 Å². The van der Waals surface area contributed by atoms with E-state index in [4.69, 9.17) is 4.74 Å². The van der Waals surface area contributed by atoms with Gasteiger partial charge in [0.25, 0.3) is 5.91 Å². The molecule has 3 rings (SSSR count). The van der Waals surface area contributed by atoms with Crippen molar-refractivity contribution in [1.82, 2.24) is 10.2 Å². The minimum atomic E-state index is -0.269. The molecule has 0 fully saturated rings. The molecule has 0 saturated carbocycles. The lowest BCUT2D eigenvalue weighted by atomic mass is 10.2. The average molecular weight is 418 g/mol. The van der Waals surface area contributed by atoms with Crippen LogP contribution in [0.25, 0.3) is 0 Å². The number of rotatable bonds is 6. The Balaban J connectivity index is 1.53. The van der Waals surface area contributed by atoms with Gasteiger partial charge in [0.15, 0.2) is 6.61 Å². The number of aryl methyl sites for hydroxylation is 1. The van der Waals surface area contributed by atoms with Crippen LogP contribution in [0.3, 0.4) is 0 Å². The first-order valence-electron chi connectivity index (χ1n) is 7.65. The number of anilines is 1. The van der Waals surface area contributed by atoms with Crippen molar-refractivity contribution in [1.29, 1.82) is 0 Å². The van der Waals surface area contributed by atoms with Crippen LogP contribution in [0.5, 0.6) is 5.75 Å². The third-order valence-corrected chi connectivity index (χ3v) is 4.82. The summed E-state index contributed by atoms with van der Waals surface area (Å²) < 4.78 is 6.35. The largest absolute Gasteiger partial charge is 0.483 e. The molecule has 0 unspecified atom stereocenters. The van der Waals surface area contributed by atoms with Crippen molar-refractivity contribution in [3.63, 3.8) is 0 Å². The van der Waals surface area contributed by atoms with E-state index in [0.717, 1.165) is 20.6 Å². The van der Waals surface area contributed by atoms with E-state index in [0.29, 0.717) is 17.3 Å². The topological polar surface area (TPSA) is 64.1 Å². The van der Waals surface area contributed by atoms with Crippen LogP contribution >= 0.6 is 27.3 Å². The molecule has 1 amide bonds. The second kappa shape index (κ2) is 8.22. The quantitative estimate of drug-likeness (QED) is 0.651. The minimum absolute atomic E-state index is 0.0880. The molecule has 7 heteroatoms. The highest BCUT2D eigenvalue weighted by molar-refractivity contribution is 9.10. The lowest BCUT2D eigenvalue weighted by molar-refractivity contribution is -0.118. The summed E-state index contributed by atoms with van der Waals surface area (Å²) in [5.41, 5.74) is 2.27. The molecule has 1 aromatic heterocycles. The van der Waals surface area contributed by atoms with Gasteiger partial charge in [-0.2, -0.15) is 0 Å². The molecule has 2 aromatic carbocycles. The lowest BCUT2D eigenvalue weighted by Crippen LogP contribution is -2.20. The zero-order valence-corrected chi connectivity index (χ0v) is 15.9. The van der Waals surface area contributed by atoms with E-state index in [2.05, 4.69) is 31.4 Å². The normalized spacial score (nSPS) is 10.5. The van der Waals surface area contributed by atoms with Crippen molar-refractivity contribution < 1.29 is 9.53 Å². The van der Waals surface area contributed by atoms with E-state index in [1.807, 2.05) is 55.5 Å². The van der Waals surface area contributed by atoms with Gasteiger partial charge >= 0.3 is 0 Å². The zero-order chi connectivity index (χ0) is 17.6. The van der Waals surface area contributed by atoms with Gasteiger partial charge < -0.3 is 4.74 Å². The first-order valence-corrected chi connectivity index (χ1v) is 9.26. The summed E-state index contributed by atoms with van der Waals surface area (Å²) in [6, 6.07) is 15.7. The number of nitrogens with one attached hydrogen (secondary N) is 1. The van der Waals surface area contributed by atoms with Crippen LogP contribution < -0.4 is 10.1 Å². The number of aromatic nitrogens is 2. The maximum absolute atomic E-state index is 12.0. The van der Waals surface area contributed by atoms with Gasteiger partial charge in [0, 0.05) is 6.42 Å². The van der Waals surface area contributed by atoms with Gasteiger partial charge in [-0.25, -0.2) is 0 Å². The molecule has 1 heterocycles. The van der Waals surface area contributed by atoms with Gasteiger partial charge in [-0.15, -0.1) is 10.2 Å². The Morgan fingerprint density at radius 3 is 2.76 bits per heavy atom. The highest BCUT2D eigenvalue weighted by atomic mass is 79.9. The summed E-state index contributed by atoms with van der Waals surface area (Å²) in [5, 5.41) is 12.2. The fraction of sp³-hybridized carbons (Fsp3) is 0.167. The summed E-state index contributed by atoms with van der Waals surface area (Å²) in [6.45, 7) is 1.90. The number of halogens is 1. The maximum Gasteiger partial charge on any atom is 0.264 e. The number of benzene rings is 2. The average Bonchev–Trinajstić information content (AvgIpc) is 3.02. The molecule has 0 saturated heterocycles. The highest BCUT2D eigenvalue weighted by Gasteiger charge is 2.10. The second-order valence-corrected chi connectivity index (χ2v) is 7.35. The van der Waals surface area contributed by atoms with Crippen molar-refractivity contribution in [3.8, 4) is 5.75 Å². The summed E-state index contributed by atoms with van der Waals surface area (Å²) in [4.78, 5) is 12.0. The fourth-order valence-corrected chi connectivity index (χ4v) is 3.57. The summed E-state index contributed by atoms with van der Waals surface area (Å²) >= 11 is 4.79. The van der Waals surface area contributed by atoms with E-state index < -0.39 is 0 Å².